The topological polar surface area (TPSA) is 62.4 Å². The predicted octanol–water partition coefficient (Wildman–Crippen LogP) is 7.92. The van der Waals surface area contributed by atoms with E-state index in [0.29, 0.717) is 16.5 Å². The molecule has 37 heavy (non-hydrogen) atoms. The van der Waals surface area contributed by atoms with Crippen LogP contribution in [0.15, 0.2) is 60.8 Å². The van der Waals surface area contributed by atoms with Gasteiger partial charge in [0.25, 0.3) is 0 Å². The van der Waals surface area contributed by atoms with Crippen LogP contribution in [0, 0.1) is 11.8 Å². The summed E-state index contributed by atoms with van der Waals surface area (Å²) in [7, 11) is 1.39. The largest absolute Gasteiger partial charge is 0.465 e. The Hall–Kier alpha value is -3.38. The Morgan fingerprint density at radius 2 is 1.62 bits per heavy atom. The highest BCUT2D eigenvalue weighted by molar-refractivity contribution is 7.18. The Labute approximate surface area is 222 Å². The van der Waals surface area contributed by atoms with Gasteiger partial charge in [-0.2, -0.15) is 0 Å². The highest BCUT2D eigenvalue weighted by atomic mass is 32.1. The van der Waals surface area contributed by atoms with Crippen molar-refractivity contribution in [2.45, 2.75) is 52.5 Å². The zero-order valence-electron chi connectivity index (χ0n) is 21.9. The molecule has 0 unspecified atom stereocenters. The number of nitrogens with one attached hydrogen (secondary N) is 1. The summed E-state index contributed by atoms with van der Waals surface area (Å²) in [4.78, 5) is 33.0. The van der Waals surface area contributed by atoms with Gasteiger partial charge >= 0.3 is 5.97 Å². The first kappa shape index (κ1) is 25.3. The number of amides is 1. The number of fused-ring (bicyclic) bond motifs is 1. The fraction of sp³-hybridized carbons (Fsp3) is 0.355. The molecule has 0 aliphatic heterocycles. The Bertz CT molecular complexity index is 1410. The second-order valence-corrected chi connectivity index (χ2v) is 11.5. The van der Waals surface area contributed by atoms with Crippen molar-refractivity contribution in [3.8, 4) is 21.6 Å². The normalized spacial score (nSPS) is 17.8. The fourth-order valence-electron chi connectivity index (χ4n) is 5.36. The summed E-state index contributed by atoms with van der Waals surface area (Å²) in [6.45, 7) is 6.28. The number of anilines is 1. The maximum absolute atomic E-state index is 13.7. The summed E-state index contributed by atoms with van der Waals surface area (Å²) in [6.07, 6.45) is 5.91. The molecule has 6 heteroatoms. The molecule has 0 saturated heterocycles. The van der Waals surface area contributed by atoms with Gasteiger partial charge in [0, 0.05) is 28.6 Å². The third-order valence-electron chi connectivity index (χ3n) is 7.52. The third-order valence-corrected chi connectivity index (χ3v) is 8.67. The van der Waals surface area contributed by atoms with Gasteiger partial charge in [-0.25, -0.2) is 4.79 Å². The molecule has 2 aromatic carbocycles. The SMILES string of the molecule is COC(=O)c1sc(-c2ccc(-c3ccc4[nH]ccc4c3)cc2)cc1N(C(=O)C1CCC(C)CC1)C(C)C. The molecule has 5 rings (SSSR count). The number of hydrogen-bond donors (Lipinski definition) is 1. The zero-order valence-corrected chi connectivity index (χ0v) is 22.7. The summed E-state index contributed by atoms with van der Waals surface area (Å²) in [5, 5.41) is 1.18. The zero-order chi connectivity index (χ0) is 26.1. The third kappa shape index (κ3) is 5.08. The number of H-pyrrole nitrogens is 1. The Morgan fingerprint density at radius 1 is 0.946 bits per heavy atom. The molecule has 2 heterocycles. The molecule has 1 fully saturated rings. The lowest BCUT2D eigenvalue weighted by Gasteiger charge is -2.33. The van der Waals surface area contributed by atoms with Crippen molar-refractivity contribution < 1.29 is 14.3 Å². The van der Waals surface area contributed by atoms with Crippen LogP contribution >= 0.6 is 11.3 Å². The molecule has 0 radical (unpaired) electrons. The van der Waals surface area contributed by atoms with Crippen molar-refractivity contribution in [2.24, 2.45) is 11.8 Å². The average Bonchev–Trinajstić information content (AvgIpc) is 3.56. The van der Waals surface area contributed by atoms with Crippen molar-refractivity contribution in [1.29, 1.82) is 0 Å². The second-order valence-electron chi connectivity index (χ2n) is 10.4. The monoisotopic (exact) mass is 514 g/mol. The molecule has 2 aromatic heterocycles. The van der Waals surface area contributed by atoms with Gasteiger partial charge in [-0.15, -0.1) is 11.3 Å². The van der Waals surface area contributed by atoms with Crippen molar-refractivity contribution >= 4 is 39.8 Å². The number of esters is 1. The molecular weight excluding hydrogens is 480 g/mol. The standard InChI is InChI=1S/C31H34N2O3S/c1-19(2)33(30(34)23-7-5-20(3)6-8-23)27-18-28(37-29(27)31(35)36-4)22-11-9-21(10-12-22)24-13-14-26-25(17-24)15-16-32-26/h9-20,23,32H,5-8H2,1-4H3. The van der Waals surface area contributed by atoms with Crippen LogP contribution in [-0.2, 0) is 9.53 Å². The molecule has 0 atom stereocenters. The van der Waals surface area contributed by atoms with Gasteiger partial charge in [-0.3, -0.25) is 4.79 Å². The minimum Gasteiger partial charge on any atom is -0.465 e. The fourth-order valence-corrected chi connectivity index (χ4v) is 6.43. The van der Waals surface area contributed by atoms with Crippen molar-refractivity contribution in [3.63, 3.8) is 0 Å². The van der Waals surface area contributed by atoms with E-state index in [2.05, 4.69) is 60.4 Å². The van der Waals surface area contributed by atoms with E-state index >= 15 is 0 Å². The first-order chi connectivity index (χ1) is 17.9. The lowest BCUT2D eigenvalue weighted by Crippen LogP contribution is -2.42. The molecule has 0 spiro atoms. The smallest absolute Gasteiger partial charge is 0.350 e. The Kier molecular flexibility index (Phi) is 7.20. The number of carbonyl (C=O) groups excluding carboxylic acids is 2. The maximum Gasteiger partial charge on any atom is 0.350 e. The quantitative estimate of drug-likeness (QED) is 0.266. The highest BCUT2D eigenvalue weighted by Gasteiger charge is 2.33. The summed E-state index contributed by atoms with van der Waals surface area (Å²) in [6, 6.07) is 18.8. The first-order valence-corrected chi connectivity index (χ1v) is 13.9. The lowest BCUT2D eigenvalue weighted by atomic mass is 9.82. The number of aromatic amines is 1. The minimum atomic E-state index is -0.404. The van der Waals surface area contributed by atoms with E-state index in [4.69, 9.17) is 4.74 Å². The summed E-state index contributed by atoms with van der Waals surface area (Å²) in [5.74, 6) is 0.386. The van der Waals surface area contributed by atoms with Gasteiger partial charge in [0.15, 0.2) is 0 Å². The average molecular weight is 515 g/mol. The van der Waals surface area contributed by atoms with Gasteiger partial charge in [0.2, 0.25) is 5.91 Å². The van der Waals surface area contributed by atoms with Gasteiger partial charge in [0.05, 0.1) is 12.8 Å². The van der Waals surface area contributed by atoms with E-state index in [1.807, 2.05) is 31.0 Å². The summed E-state index contributed by atoms with van der Waals surface area (Å²) in [5.41, 5.74) is 5.07. The van der Waals surface area contributed by atoms with E-state index in [1.54, 1.807) is 0 Å². The predicted molar refractivity (Wildman–Crippen MR) is 152 cm³/mol. The molecule has 0 bridgehead atoms. The number of methoxy groups -OCH3 is 1. The van der Waals surface area contributed by atoms with Crippen molar-refractivity contribution in [1.82, 2.24) is 4.98 Å². The van der Waals surface area contributed by atoms with E-state index in [-0.39, 0.29) is 17.9 Å². The number of benzene rings is 2. The maximum atomic E-state index is 13.7. The van der Waals surface area contributed by atoms with E-state index < -0.39 is 5.97 Å². The number of thiophene rings is 1. The van der Waals surface area contributed by atoms with Gasteiger partial charge in [-0.05, 0) is 91.8 Å². The van der Waals surface area contributed by atoms with Crippen LogP contribution in [-0.4, -0.2) is 30.0 Å². The minimum absolute atomic E-state index is 0.00379. The summed E-state index contributed by atoms with van der Waals surface area (Å²) < 4.78 is 5.13. The molecule has 5 nitrogen and oxygen atoms in total. The highest BCUT2D eigenvalue weighted by Crippen LogP contribution is 2.40. The van der Waals surface area contributed by atoms with Crippen LogP contribution in [0.1, 0.15) is 56.1 Å². The van der Waals surface area contributed by atoms with Crippen LogP contribution in [0.2, 0.25) is 0 Å². The first-order valence-electron chi connectivity index (χ1n) is 13.1. The number of rotatable bonds is 6. The van der Waals surface area contributed by atoms with E-state index in [9.17, 15) is 9.59 Å². The van der Waals surface area contributed by atoms with Gasteiger partial charge in [0.1, 0.15) is 4.88 Å². The van der Waals surface area contributed by atoms with Crippen LogP contribution in [0.25, 0.3) is 32.5 Å². The van der Waals surface area contributed by atoms with Crippen LogP contribution < -0.4 is 4.90 Å². The molecule has 4 aromatic rings. The Balaban J connectivity index is 1.47. The molecule has 1 saturated carbocycles. The van der Waals surface area contributed by atoms with E-state index in [0.717, 1.165) is 52.8 Å². The lowest BCUT2D eigenvalue weighted by molar-refractivity contribution is -0.123. The Morgan fingerprint density at radius 3 is 2.30 bits per heavy atom. The molecule has 1 aliphatic carbocycles. The van der Waals surface area contributed by atoms with Gasteiger partial charge < -0.3 is 14.6 Å². The number of aromatic nitrogens is 1. The van der Waals surface area contributed by atoms with Crippen molar-refractivity contribution in [3.05, 3.63) is 65.7 Å². The molecular formula is C31H34N2O3S. The molecule has 1 aliphatic rings. The molecule has 192 valence electrons. The second kappa shape index (κ2) is 10.5. The van der Waals surface area contributed by atoms with Gasteiger partial charge in [-0.1, -0.05) is 37.3 Å². The molecule has 1 N–H and O–H groups in total. The van der Waals surface area contributed by atoms with Crippen molar-refractivity contribution in [2.75, 3.05) is 12.0 Å². The van der Waals surface area contributed by atoms with Crippen LogP contribution in [0.5, 0.6) is 0 Å². The van der Waals surface area contributed by atoms with Crippen LogP contribution in [0.3, 0.4) is 0 Å². The number of hydrogen-bond acceptors (Lipinski definition) is 4. The van der Waals surface area contributed by atoms with E-state index in [1.165, 1.54) is 23.8 Å². The summed E-state index contributed by atoms with van der Waals surface area (Å²) >= 11 is 1.39. The number of carbonyl (C=O) groups is 2. The van der Waals surface area contributed by atoms with Crippen LogP contribution in [0.4, 0.5) is 5.69 Å². The number of ether oxygens (including phenoxy) is 1. The number of nitrogens with zero attached hydrogens (tertiary/aromatic N) is 1. The molecule has 1 amide bonds.